The van der Waals surface area contributed by atoms with Crippen LogP contribution in [-0.4, -0.2) is 17.1 Å². The van der Waals surface area contributed by atoms with Gasteiger partial charge in [0.25, 0.3) is 0 Å². The number of rotatable bonds is 4. The second-order valence-electron chi connectivity index (χ2n) is 6.72. The third kappa shape index (κ3) is 2.77. The molecular formula is C20H27NO2. The van der Waals surface area contributed by atoms with E-state index in [0.29, 0.717) is 6.61 Å². The van der Waals surface area contributed by atoms with Gasteiger partial charge in [-0.25, -0.2) is 0 Å². The highest BCUT2D eigenvalue weighted by Crippen LogP contribution is 2.36. The average molecular weight is 313 g/mol. The maximum Gasteiger partial charge on any atom is 0.309 e. The molecule has 1 aromatic carbocycles. The van der Waals surface area contributed by atoms with E-state index in [9.17, 15) is 4.79 Å². The molecular weight excluding hydrogens is 286 g/mol. The fraction of sp³-hybridized carbons (Fsp3) is 0.550. The van der Waals surface area contributed by atoms with Gasteiger partial charge in [-0.1, -0.05) is 6.92 Å². The molecule has 3 nitrogen and oxygen atoms in total. The summed E-state index contributed by atoms with van der Waals surface area (Å²) >= 11 is 0. The molecule has 1 aromatic heterocycles. The lowest BCUT2D eigenvalue weighted by Gasteiger charge is -2.22. The van der Waals surface area contributed by atoms with Crippen molar-refractivity contribution in [1.29, 1.82) is 0 Å². The SMILES string of the molecule is CCCn1c2c(c3cc(C)c(C)cc31)CC(C(=O)OCC)CC2. The summed E-state index contributed by atoms with van der Waals surface area (Å²) < 4.78 is 7.74. The van der Waals surface area contributed by atoms with Crippen LogP contribution < -0.4 is 0 Å². The van der Waals surface area contributed by atoms with E-state index >= 15 is 0 Å². The molecule has 23 heavy (non-hydrogen) atoms. The Morgan fingerprint density at radius 3 is 2.70 bits per heavy atom. The second-order valence-corrected chi connectivity index (χ2v) is 6.72. The summed E-state index contributed by atoms with van der Waals surface area (Å²) in [6, 6.07) is 4.63. The number of fused-ring (bicyclic) bond motifs is 3. The highest BCUT2D eigenvalue weighted by molar-refractivity contribution is 5.88. The minimum absolute atomic E-state index is 0.0183. The van der Waals surface area contributed by atoms with Crippen LogP contribution in [0.15, 0.2) is 12.1 Å². The molecule has 0 N–H and O–H groups in total. The lowest BCUT2D eigenvalue weighted by Crippen LogP contribution is -2.25. The van der Waals surface area contributed by atoms with E-state index in [1.165, 1.54) is 33.3 Å². The van der Waals surface area contributed by atoms with Crippen molar-refractivity contribution < 1.29 is 9.53 Å². The third-order valence-electron chi connectivity index (χ3n) is 5.15. The average Bonchev–Trinajstić information content (AvgIpc) is 2.82. The van der Waals surface area contributed by atoms with Gasteiger partial charge in [-0.3, -0.25) is 4.79 Å². The molecule has 0 spiro atoms. The van der Waals surface area contributed by atoms with Crippen LogP contribution >= 0.6 is 0 Å². The third-order valence-corrected chi connectivity index (χ3v) is 5.15. The Morgan fingerprint density at radius 2 is 2.00 bits per heavy atom. The van der Waals surface area contributed by atoms with Crippen molar-refractivity contribution in [2.75, 3.05) is 6.61 Å². The topological polar surface area (TPSA) is 31.2 Å². The van der Waals surface area contributed by atoms with Crippen LogP contribution in [-0.2, 0) is 28.9 Å². The van der Waals surface area contributed by atoms with E-state index in [2.05, 4.69) is 37.5 Å². The number of carbonyl (C=O) groups is 1. The molecule has 3 heteroatoms. The van der Waals surface area contributed by atoms with Gasteiger partial charge in [-0.15, -0.1) is 0 Å². The van der Waals surface area contributed by atoms with E-state index in [0.717, 1.165) is 32.2 Å². The number of aryl methyl sites for hydroxylation is 3. The number of nitrogens with zero attached hydrogens (tertiary/aromatic N) is 1. The van der Waals surface area contributed by atoms with Crippen LogP contribution in [0.5, 0.6) is 0 Å². The zero-order chi connectivity index (χ0) is 16.6. The lowest BCUT2D eigenvalue weighted by atomic mass is 9.86. The second kappa shape index (κ2) is 6.38. The first-order valence-corrected chi connectivity index (χ1v) is 8.84. The maximum absolute atomic E-state index is 12.2. The molecule has 2 aromatic rings. The van der Waals surface area contributed by atoms with Crippen LogP contribution in [0.2, 0.25) is 0 Å². The molecule has 1 aliphatic carbocycles. The van der Waals surface area contributed by atoms with Gasteiger partial charge in [0.2, 0.25) is 0 Å². The number of ether oxygens (including phenoxy) is 1. The number of hydrogen-bond donors (Lipinski definition) is 0. The van der Waals surface area contributed by atoms with Gasteiger partial charge >= 0.3 is 5.97 Å². The van der Waals surface area contributed by atoms with E-state index < -0.39 is 0 Å². The molecule has 0 radical (unpaired) electrons. The summed E-state index contributed by atoms with van der Waals surface area (Å²) in [4.78, 5) is 12.2. The largest absolute Gasteiger partial charge is 0.466 e. The first-order valence-electron chi connectivity index (χ1n) is 8.84. The molecule has 1 unspecified atom stereocenters. The highest BCUT2D eigenvalue weighted by Gasteiger charge is 2.30. The predicted octanol–water partition coefficient (Wildman–Crippen LogP) is 4.34. The Hall–Kier alpha value is -1.77. The zero-order valence-corrected chi connectivity index (χ0v) is 14.7. The molecule has 1 aliphatic rings. The molecule has 0 amide bonds. The Morgan fingerprint density at radius 1 is 1.26 bits per heavy atom. The summed E-state index contributed by atoms with van der Waals surface area (Å²) in [6.45, 7) is 9.98. The summed E-state index contributed by atoms with van der Waals surface area (Å²) in [5.74, 6) is -0.0110. The van der Waals surface area contributed by atoms with Crippen molar-refractivity contribution in [3.63, 3.8) is 0 Å². The molecule has 0 aliphatic heterocycles. The van der Waals surface area contributed by atoms with Gasteiger partial charge < -0.3 is 9.30 Å². The minimum atomic E-state index is -0.0293. The van der Waals surface area contributed by atoms with E-state index in [1.807, 2.05) is 6.92 Å². The van der Waals surface area contributed by atoms with Gasteiger partial charge in [0.05, 0.1) is 12.5 Å². The highest BCUT2D eigenvalue weighted by atomic mass is 16.5. The number of hydrogen-bond acceptors (Lipinski definition) is 2. The van der Waals surface area contributed by atoms with Gasteiger partial charge in [-0.2, -0.15) is 0 Å². The molecule has 0 saturated heterocycles. The van der Waals surface area contributed by atoms with Crippen LogP contribution in [0, 0.1) is 19.8 Å². The Kier molecular flexibility index (Phi) is 4.47. The molecule has 0 bridgehead atoms. The lowest BCUT2D eigenvalue weighted by molar-refractivity contribution is -0.148. The van der Waals surface area contributed by atoms with Gasteiger partial charge in [-0.05, 0) is 75.3 Å². The molecule has 1 atom stereocenters. The fourth-order valence-corrected chi connectivity index (χ4v) is 3.84. The maximum atomic E-state index is 12.2. The first-order chi connectivity index (χ1) is 11.1. The normalized spacial score (nSPS) is 17.3. The molecule has 0 fully saturated rings. The monoisotopic (exact) mass is 313 g/mol. The Labute approximate surface area is 138 Å². The zero-order valence-electron chi connectivity index (χ0n) is 14.7. The van der Waals surface area contributed by atoms with E-state index in [1.54, 1.807) is 0 Å². The Balaban J connectivity index is 2.09. The van der Waals surface area contributed by atoms with Gasteiger partial charge in [0.1, 0.15) is 0 Å². The van der Waals surface area contributed by atoms with Crippen molar-refractivity contribution in [2.45, 2.75) is 59.9 Å². The van der Waals surface area contributed by atoms with Crippen LogP contribution in [0.3, 0.4) is 0 Å². The van der Waals surface area contributed by atoms with Crippen molar-refractivity contribution in [3.8, 4) is 0 Å². The number of esters is 1. The van der Waals surface area contributed by atoms with Crippen LogP contribution in [0.4, 0.5) is 0 Å². The van der Waals surface area contributed by atoms with Crippen LogP contribution in [0.1, 0.15) is 49.1 Å². The van der Waals surface area contributed by atoms with E-state index in [-0.39, 0.29) is 11.9 Å². The van der Waals surface area contributed by atoms with Crippen molar-refractivity contribution in [3.05, 3.63) is 34.5 Å². The Bertz CT molecular complexity index is 742. The number of benzene rings is 1. The summed E-state index contributed by atoms with van der Waals surface area (Å²) in [5, 5.41) is 1.34. The fourth-order valence-electron chi connectivity index (χ4n) is 3.84. The molecule has 1 heterocycles. The summed E-state index contributed by atoms with van der Waals surface area (Å²) in [7, 11) is 0. The standard InChI is InChI=1S/C20H27NO2/c1-5-9-21-18-8-7-15(20(22)23-6-2)12-17(18)16-10-13(3)14(4)11-19(16)21/h10-11,15H,5-9,12H2,1-4H3. The molecule has 124 valence electrons. The predicted molar refractivity (Wildman–Crippen MR) is 93.9 cm³/mol. The summed E-state index contributed by atoms with van der Waals surface area (Å²) in [6.07, 6.45) is 3.84. The van der Waals surface area contributed by atoms with E-state index in [4.69, 9.17) is 4.74 Å². The smallest absolute Gasteiger partial charge is 0.309 e. The van der Waals surface area contributed by atoms with Gasteiger partial charge in [0, 0.05) is 23.1 Å². The van der Waals surface area contributed by atoms with Crippen molar-refractivity contribution in [1.82, 2.24) is 4.57 Å². The van der Waals surface area contributed by atoms with Crippen molar-refractivity contribution in [2.24, 2.45) is 5.92 Å². The molecule has 3 rings (SSSR count). The quantitative estimate of drug-likeness (QED) is 0.786. The number of aromatic nitrogens is 1. The van der Waals surface area contributed by atoms with Gasteiger partial charge in [0.15, 0.2) is 0 Å². The number of carbonyl (C=O) groups excluding carboxylic acids is 1. The minimum Gasteiger partial charge on any atom is -0.466 e. The molecule has 0 saturated carbocycles. The van der Waals surface area contributed by atoms with Crippen molar-refractivity contribution >= 4 is 16.9 Å². The summed E-state index contributed by atoms with van der Waals surface area (Å²) in [5.41, 5.74) is 6.82. The first kappa shape index (κ1) is 16.1. The van der Waals surface area contributed by atoms with Crippen LogP contribution in [0.25, 0.3) is 10.9 Å².